The molecular formula is C34H60O8. The van der Waals surface area contributed by atoms with E-state index in [9.17, 15) is 20.1 Å². The van der Waals surface area contributed by atoms with Gasteiger partial charge >= 0.3 is 0 Å². The van der Waals surface area contributed by atoms with Crippen LogP contribution in [-0.4, -0.2) is 74.4 Å². The van der Waals surface area contributed by atoms with E-state index in [1.807, 2.05) is 27.7 Å². The number of rotatable bonds is 11. The van der Waals surface area contributed by atoms with Crippen molar-refractivity contribution < 1.29 is 39.1 Å². The monoisotopic (exact) mass is 596 g/mol. The molecule has 0 aromatic rings. The molecule has 42 heavy (non-hydrogen) atoms. The highest BCUT2D eigenvalue weighted by Crippen LogP contribution is 2.63. The average molecular weight is 597 g/mol. The molecule has 0 aliphatic carbocycles. The number of carbonyl (C=O) groups excluding carboxylic acids is 1. The van der Waals surface area contributed by atoms with E-state index in [1.54, 1.807) is 13.8 Å². The minimum atomic E-state index is -1.51. The van der Waals surface area contributed by atoms with Crippen LogP contribution in [0.1, 0.15) is 115 Å². The van der Waals surface area contributed by atoms with Gasteiger partial charge in [-0.15, -0.1) is 0 Å². The van der Waals surface area contributed by atoms with Gasteiger partial charge in [0.25, 0.3) is 0 Å². The van der Waals surface area contributed by atoms with Crippen molar-refractivity contribution in [1.29, 1.82) is 0 Å². The number of carbonyl (C=O) groups is 1. The van der Waals surface area contributed by atoms with Crippen molar-refractivity contribution in [3.05, 3.63) is 0 Å². The van der Waals surface area contributed by atoms with E-state index < -0.39 is 59.2 Å². The molecule has 4 aliphatic rings. The first kappa shape index (κ1) is 34.3. The molecule has 0 saturated carbocycles. The molecule has 244 valence electrons. The van der Waals surface area contributed by atoms with E-state index in [-0.39, 0.29) is 41.3 Å². The average Bonchev–Trinajstić information content (AvgIpc) is 3.56. The molecule has 2 unspecified atom stereocenters. The fraction of sp³-hybridized carbons (Fsp3) is 0.971. The van der Waals surface area contributed by atoms with E-state index in [0.29, 0.717) is 12.8 Å². The summed E-state index contributed by atoms with van der Waals surface area (Å²) < 4.78 is 26.7. The van der Waals surface area contributed by atoms with Crippen molar-refractivity contribution in [1.82, 2.24) is 0 Å². The lowest BCUT2D eigenvalue weighted by Gasteiger charge is -2.50. The van der Waals surface area contributed by atoms with Gasteiger partial charge in [0, 0.05) is 35.5 Å². The summed E-state index contributed by atoms with van der Waals surface area (Å²) in [5.74, 6) is -4.36. The SMILES string of the molecule is CC[C@@H]1OC2([C@]3(C)C[C@H](C)[C@@H]([C@@H](CC)C(=O)[C@@H](C)[C@@H](O)[C@H](C)[C@H]4O[C@](C)(O)[C@H](CC)[C@H](O)[C@@H]4C)O3)O[C@@]1(CC)CC2C. The number of hydrogen-bond donors (Lipinski definition) is 3. The van der Waals surface area contributed by atoms with E-state index in [1.165, 1.54) is 0 Å². The summed E-state index contributed by atoms with van der Waals surface area (Å²) in [6, 6.07) is 0. The quantitative estimate of drug-likeness (QED) is 0.297. The predicted molar refractivity (Wildman–Crippen MR) is 160 cm³/mol. The van der Waals surface area contributed by atoms with Gasteiger partial charge in [-0.05, 0) is 58.3 Å². The molecule has 4 saturated heterocycles. The van der Waals surface area contributed by atoms with Gasteiger partial charge < -0.3 is 34.3 Å². The molecule has 0 aromatic heterocycles. The Labute approximate surface area is 254 Å². The Morgan fingerprint density at radius 2 is 1.60 bits per heavy atom. The third-order valence-corrected chi connectivity index (χ3v) is 12.1. The van der Waals surface area contributed by atoms with Crippen LogP contribution in [0.25, 0.3) is 0 Å². The molecule has 4 aliphatic heterocycles. The van der Waals surface area contributed by atoms with E-state index in [2.05, 4.69) is 34.6 Å². The lowest BCUT2D eigenvalue weighted by atomic mass is 9.72. The Hall–Kier alpha value is -0.610. The Morgan fingerprint density at radius 1 is 0.952 bits per heavy atom. The fourth-order valence-corrected chi connectivity index (χ4v) is 9.61. The number of fused-ring (bicyclic) bond motifs is 2. The molecule has 4 fully saturated rings. The van der Waals surface area contributed by atoms with Gasteiger partial charge in [-0.2, -0.15) is 0 Å². The lowest BCUT2D eigenvalue weighted by molar-refractivity contribution is -0.323. The van der Waals surface area contributed by atoms with Crippen molar-refractivity contribution in [3.63, 3.8) is 0 Å². The van der Waals surface area contributed by atoms with Crippen LogP contribution >= 0.6 is 0 Å². The summed E-state index contributed by atoms with van der Waals surface area (Å²) in [7, 11) is 0. The highest BCUT2D eigenvalue weighted by molar-refractivity contribution is 5.84. The van der Waals surface area contributed by atoms with Crippen molar-refractivity contribution in [2.45, 2.75) is 168 Å². The zero-order chi connectivity index (χ0) is 31.6. The highest BCUT2D eigenvalue weighted by Gasteiger charge is 2.73. The molecule has 2 bridgehead atoms. The Bertz CT molecular complexity index is 971. The van der Waals surface area contributed by atoms with Crippen LogP contribution in [0.2, 0.25) is 0 Å². The van der Waals surface area contributed by atoms with Crippen LogP contribution < -0.4 is 0 Å². The summed E-state index contributed by atoms with van der Waals surface area (Å²) in [4.78, 5) is 14.1. The van der Waals surface area contributed by atoms with Crippen molar-refractivity contribution in [2.24, 2.45) is 41.4 Å². The van der Waals surface area contributed by atoms with E-state index in [4.69, 9.17) is 18.9 Å². The van der Waals surface area contributed by atoms with Crippen LogP contribution in [0.15, 0.2) is 0 Å². The Balaban J connectivity index is 1.51. The van der Waals surface area contributed by atoms with Gasteiger partial charge in [-0.1, -0.05) is 62.3 Å². The van der Waals surface area contributed by atoms with Crippen LogP contribution in [-0.2, 0) is 23.7 Å². The molecule has 0 amide bonds. The number of aliphatic hydroxyl groups is 3. The Morgan fingerprint density at radius 3 is 2.14 bits per heavy atom. The molecule has 4 rings (SSSR count). The van der Waals surface area contributed by atoms with Crippen molar-refractivity contribution in [2.75, 3.05) is 0 Å². The molecule has 0 radical (unpaired) electrons. The highest BCUT2D eigenvalue weighted by atomic mass is 16.8. The van der Waals surface area contributed by atoms with Gasteiger partial charge in [0.2, 0.25) is 5.79 Å². The second-order valence-electron chi connectivity index (χ2n) is 14.9. The number of ether oxygens (including phenoxy) is 4. The fourth-order valence-electron chi connectivity index (χ4n) is 9.61. The van der Waals surface area contributed by atoms with Crippen molar-refractivity contribution >= 4 is 5.78 Å². The van der Waals surface area contributed by atoms with Gasteiger partial charge in [-0.3, -0.25) is 4.79 Å². The third-order valence-electron chi connectivity index (χ3n) is 12.1. The Kier molecular flexibility index (Phi) is 9.76. The molecule has 16 atom stereocenters. The number of Topliss-reactive ketones (excluding diaryl/α,β-unsaturated/α-hetero) is 1. The molecule has 8 nitrogen and oxygen atoms in total. The molecular weight excluding hydrogens is 536 g/mol. The summed E-state index contributed by atoms with van der Waals surface area (Å²) in [5.41, 5.74) is -0.979. The van der Waals surface area contributed by atoms with Crippen LogP contribution in [0.3, 0.4) is 0 Å². The zero-order valence-electron chi connectivity index (χ0n) is 28.1. The second-order valence-corrected chi connectivity index (χ2v) is 14.9. The molecule has 4 heterocycles. The number of hydrogen-bond acceptors (Lipinski definition) is 8. The molecule has 8 heteroatoms. The van der Waals surface area contributed by atoms with Gasteiger partial charge in [-0.25, -0.2) is 0 Å². The maximum atomic E-state index is 14.1. The standard InChI is InChI=1S/C34H60O8/c1-12-23(27(36)20(7)26(35)21(8)30-22(9)28(37)24(13-2)32(11,38)41-30)29-18(5)16-31(10,40-29)34-19(6)17-33(15-4,42-34)25(14-3)39-34/h18-26,28-30,35,37-38H,12-17H2,1-11H3/t18-,19?,20-,21-,22-,23-,24+,25-,26+,28+,29-,30+,31-,32-,33-,34?/m0/s1. The first-order chi connectivity index (χ1) is 19.5. The summed E-state index contributed by atoms with van der Waals surface area (Å²) in [6.07, 6.45) is 1.96. The molecule has 3 N–H and O–H groups in total. The predicted octanol–water partition coefficient (Wildman–Crippen LogP) is 5.24. The summed E-state index contributed by atoms with van der Waals surface area (Å²) >= 11 is 0. The number of aliphatic hydroxyl groups excluding tert-OH is 2. The van der Waals surface area contributed by atoms with E-state index in [0.717, 1.165) is 25.7 Å². The van der Waals surface area contributed by atoms with Crippen LogP contribution in [0, 0.1) is 41.4 Å². The normalized spacial score (nSPS) is 50.0. The third kappa shape index (κ3) is 5.13. The molecule has 0 aromatic carbocycles. The van der Waals surface area contributed by atoms with Gasteiger partial charge in [0.15, 0.2) is 5.79 Å². The summed E-state index contributed by atoms with van der Waals surface area (Å²) in [6.45, 7) is 21.8. The lowest BCUT2D eigenvalue weighted by Crippen LogP contribution is -2.59. The smallest absolute Gasteiger partial charge is 0.201 e. The molecule has 0 spiro atoms. The minimum Gasteiger partial charge on any atom is -0.392 e. The minimum absolute atomic E-state index is 0.0280. The first-order valence-electron chi connectivity index (χ1n) is 16.8. The topological polar surface area (TPSA) is 115 Å². The van der Waals surface area contributed by atoms with E-state index >= 15 is 0 Å². The van der Waals surface area contributed by atoms with Gasteiger partial charge in [0.05, 0.1) is 36.1 Å². The van der Waals surface area contributed by atoms with Crippen molar-refractivity contribution in [3.8, 4) is 0 Å². The largest absolute Gasteiger partial charge is 0.392 e. The van der Waals surface area contributed by atoms with Crippen LogP contribution in [0.4, 0.5) is 0 Å². The maximum absolute atomic E-state index is 14.1. The second kappa shape index (κ2) is 12.0. The van der Waals surface area contributed by atoms with Gasteiger partial charge in [0.1, 0.15) is 11.4 Å². The number of ketones is 1. The maximum Gasteiger partial charge on any atom is 0.201 e. The zero-order valence-corrected chi connectivity index (χ0v) is 28.1. The first-order valence-corrected chi connectivity index (χ1v) is 16.8. The van der Waals surface area contributed by atoms with Crippen LogP contribution in [0.5, 0.6) is 0 Å². The summed E-state index contributed by atoms with van der Waals surface area (Å²) in [5, 5.41) is 33.5.